The van der Waals surface area contributed by atoms with Crippen molar-refractivity contribution in [3.63, 3.8) is 0 Å². The lowest BCUT2D eigenvalue weighted by atomic mass is 10.4. The number of carbonyl (C=O) groups is 1. The zero-order valence-electron chi connectivity index (χ0n) is 10.2. The molecule has 0 spiro atoms. The van der Waals surface area contributed by atoms with Crippen LogP contribution in [-0.2, 0) is 19.6 Å². The summed E-state index contributed by atoms with van der Waals surface area (Å²) in [6.07, 6.45) is 0. The molecule has 1 atom stereocenters. The molecule has 0 aliphatic rings. The molecule has 9 heteroatoms. The van der Waals surface area contributed by atoms with Gasteiger partial charge in [0.25, 0.3) is 0 Å². The van der Waals surface area contributed by atoms with E-state index in [9.17, 15) is 13.2 Å². The number of halogens is 1. The first kappa shape index (κ1) is 14.9. The molecule has 0 aliphatic heterocycles. The van der Waals surface area contributed by atoms with Crippen molar-refractivity contribution in [2.45, 2.75) is 24.1 Å². The first-order chi connectivity index (χ1) is 8.29. The van der Waals surface area contributed by atoms with E-state index in [1.807, 2.05) is 0 Å². The molecule has 1 unspecified atom stereocenters. The predicted molar refractivity (Wildman–Crippen MR) is 64.9 cm³/mol. The summed E-state index contributed by atoms with van der Waals surface area (Å²) in [4.78, 5) is 11.1. The SMILES string of the molecule is COC(=O)C(Cl)CNS(=O)(=O)c1c(C)n[nH]c1C. The van der Waals surface area contributed by atoms with Crippen molar-refractivity contribution in [2.75, 3.05) is 13.7 Å². The number of aryl methyl sites for hydroxylation is 2. The van der Waals surface area contributed by atoms with Crippen LogP contribution in [0.15, 0.2) is 4.90 Å². The predicted octanol–water partition coefficient (Wildman–Crippen LogP) is 0.0852. The van der Waals surface area contributed by atoms with Crippen LogP contribution >= 0.6 is 11.6 Å². The van der Waals surface area contributed by atoms with Crippen molar-refractivity contribution >= 4 is 27.6 Å². The summed E-state index contributed by atoms with van der Waals surface area (Å²) in [5, 5.41) is 5.29. The highest BCUT2D eigenvalue weighted by molar-refractivity contribution is 7.89. The number of nitrogens with zero attached hydrogens (tertiary/aromatic N) is 1. The van der Waals surface area contributed by atoms with Crippen LogP contribution in [-0.4, -0.2) is 43.6 Å². The van der Waals surface area contributed by atoms with Gasteiger partial charge in [0.1, 0.15) is 10.3 Å². The molecule has 0 bridgehead atoms. The van der Waals surface area contributed by atoms with Crippen LogP contribution in [0.2, 0.25) is 0 Å². The summed E-state index contributed by atoms with van der Waals surface area (Å²) in [6, 6.07) is 0. The first-order valence-electron chi connectivity index (χ1n) is 5.02. The molecule has 1 heterocycles. The van der Waals surface area contributed by atoms with Crippen molar-refractivity contribution in [3.8, 4) is 0 Å². The number of H-pyrrole nitrogens is 1. The third kappa shape index (κ3) is 3.21. The number of alkyl halides is 1. The van der Waals surface area contributed by atoms with Crippen LogP contribution in [0.5, 0.6) is 0 Å². The van der Waals surface area contributed by atoms with Crippen molar-refractivity contribution in [3.05, 3.63) is 11.4 Å². The average Bonchev–Trinajstić information content (AvgIpc) is 2.65. The smallest absolute Gasteiger partial charge is 0.325 e. The summed E-state index contributed by atoms with van der Waals surface area (Å²) >= 11 is 5.65. The topological polar surface area (TPSA) is 101 Å². The van der Waals surface area contributed by atoms with Gasteiger partial charge in [0, 0.05) is 6.54 Å². The molecule has 0 saturated carbocycles. The van der Waals surface area contributed by atoms with E-state index in [0.29, 0.717) is 11.4 Å². The van der Waals surface area contributed by atoms with E-state index >= 15 is 0 Å². The maximum absolute atomic E-state index is 12.0. The van der Waals surface area contributed by atoms with Crippen LogP contribution in [0.4, 0.5) is 0 Å². The maximum atomic E-state index is 12.0. The lowest BCUT2D eigenvalue weighted by Crippen LogP contribution is -2.34. The van der Waals surface area contributed by atoms with Crippen LogP contribution < -0.4 is 4.72 Å². The molecule has 102 valence electrons. The molecule has 7 nitrogen and oxygen atoms in total. The van der Waals surface area contributed by atoms with Gasteiger partial charge < -0.3 is 4.74 Å². The summed E-state index contributed by atoms with van der Waals surface area (Å²) in [7, 11) is -2.57. The van der Waals surface area contributed by atoms with Crippen LogP contribution in [0.25, 0.3) is 0 Å². The number of ether oxygens (including phenoxy) is 1. The second kappa shape index (κ2) is 5.68. The Bertz CT molecular complexity index is 521. The Labute approximate surface area is 110 Å². The third-order valence-corrected chi connectivity index (χ3v) is 4.26. The number of nitrogens with one attached hydrogen (secondary N) is 2. The Morgan fingerprint density at radius 3 is 2.61 bits per heavy atom. The fourth-order valence-corrected chi connectivity index (χ4v) is 3.07. The van der Waals surface area contributed by atoms with Crippen molar-refractivity contribution in [1.82, 2.24) is 14.9 Å². The quantitative estimate of drug-likeness (QED) is 0.592. The number of sulfonamides is 1. The zero-order chi connectivity index (χ0) is 13.9. The van der Waals surface area contributed by atoms with E-state index in [4.69, 9.17) is 11.6 Å². The molecule has 0 radical (unpaired) electrons. The van der Waals surface area contributed by atoms with Gasteiger partial charge in [-0.1, -0.05) is 0 Å². The van der Waals surface area contributed by atoms with Gasteiger partial charge in [-0.05, 0) is 13.8 Å². The largest absolute Gasteiger partial charge is 0.468 e. The Balaban J connectivity index is 2.81. The Morgan fingerprint density at radius 2 is 2.17 bits per heavy atom. The van der Waals surface area contributed by atoms with E-state index in [1.165, 1.54) is 7.11 Å². The molecule has 1 aromatic heterocycles. The summed E-state index contributed by atoms with van der Waals surface area (Å²) in [6.45, 7) is 2.91. The zero-order valence-corrected chi connectivity index (χ0v) is 11.7. The number of hydrogen-bond donors (Lipinski definition) is 2. The molecular formula is C9H14ClN3O4S. The molecule has 0 fully saturated rings. The van der Waals surface area contributed by atoms with Crippen molar-refractivity contribution < 1.29 is 17.9 Å². The molecule has 0 amide bonds. The maximum Gasteiger partial charge on any atom is 0.325 e. The minimum absolute atomic E-state index is 0.0660. The molecule has 1 rings (SSSR count). The molecule has 2 N–H and O–H groups in total. The summed E-state index contributed by atoms with van der Waals surface area (Å²) < 4.78 is 30.6. The molecule has 0 saturated heterocycles. The number of aromatic amines is 1. The van der Waals surface area contributed by atoms with Gasteiger partial charge in [-0.3, -0.25) is 9.89 Å². The third-order valence-electron chi connectivity index (χ3n) is 2.24. The van der Waals surface area contributed by atoms with Gasteiger partial charge in [0.15, 0.2) is 0 Å². The number of aromatic nitrogens is 2. The minimum atomic E-state index is -3.75. The highest BCUT2D eigenvalue weighted by Gasteiger charge is 2.24. The van der Waals surface area contributed by atoms with Crippen molar-refractivity contribution in [2.24, 2.45) is 0 Å². The lowest BCUT2D eigenvalue weighted by Gasteiger charge is -2.09. The second-order valence-corrected chi connectivity index (χ2v) is 5.84. The number of methoxy groups -OCH3 is 1. The van der Waals surface area contributed by atoms with Gasteiger partial charge in [0.2, 0.25) is 10.0 Å². The average molecular weight is 296 g/mol. The van der Waals surface area contributed by atoms with Gasteiger partial charge in [0.05, 0.1) is 18.5 Å². The number of rotatable bonds is 5. The molecular weight excluding hydrogens is 282 g/mol. The first-order valence-corrected chi connectivity index (χ1v) is 6.94. The number of hydrogen-bond acceptors (Lipinski definition) is 5. The van der Waals surface area contributed by atoms with Gasteiger partial charge in [-0.15, -0.1) is 11.6 Å². The monoisotopic (exact) mass is 295 g/mol. The molecule has 1 aromatic rings. The molecule has 0 aliphatic carbocycles. The van der Waals surface area contributed by atoms with E-state index in [0.717, 1.165) is 0 Å². The fourth-order valence-electron chi connectivity index (χ4n) is 1.40. The van der Waals surface area contributed by atoms with Gasteiger partial charge in [-0.25, -0.2) is 13.1 Å². The van der Waals surface area contributed by atoms with E-state index in [2.05, 4.69) is 19.7 Å². The second-order valence-electron chi connectivity index (χ2n) is 3.61. The number of carbonyl (C=O) groups excluding carboxylic acids is 1. The minimum Gasteiger partial charge on any atom is -0.468 e. The molecule has 18 heavy (non-hydrogen) atoms. The molecule has 0 aromatic carbocycles. The lowest BCUT2D eigenvalue weighted by molar-refractivity contribution is -0.140. The van der Waals surface area contributed by atoms with E-state index in [1.54, 1.807) is 13.8 Å². The fraction of sp³-hybridized carbons (Fsp3) is 0.556. The standard InChI is InChI=1S/C9H14ClN3O4S/c1-5-8(6(2)13-12-5)18(15,16)11-4-7(10)9(14)17-3/h7,11H,4H2,1-3H3,(H,12,13). The summed E-state index contributed by atoms with van der Waals surface area (Å²) in [5.41, 5.74) is 0.772. The van der Waals surface area contributed by atoms with Crippen molar-refractivity contribution in [1.29, 1.82) is 0 Å². The van der Waals surface area contributed by atoms with Gasteiger partial charge in [-0.2, -0.15) is 5.10 Å². The summed E-state index contributed by atoms with van der Waals surface area (Å²) in [5.74, 6) is -0.694. The normalized spacial score (nSPS) is 13.3. The van der Waals surface area contributed by atoms with Crippen LogP contribution in [0, 0.1) is 13.8 Å². The highest BCUT2D eigenvalue weighted by Crippen LogP contribution is 2.16. The Morgan fingerprint density at radius 1 is 1.56 bits per heavy atom. The number of esters is 1. The Hall–Kier alpha value is -1.12. The van der Waals surface area contributed by atoms with Gasteiger partial charge >= 0.3 is 5.97 Å². The highest BCUT2D eigenvalue weighted by atomic mass is 35.5. The Kier molecular flexibility index (Phi) is 4.71. The van der Waals surface area contributed by atoms with E-state index in [-0.39, 0.29) is 11.4 Å². The van der Waals surface area contributed by atoms with Crippen LogP contribution in [0.1, 0.15) is 11.4 Å². The van der Waals surface area contributed by atoms with E-state index < -0.39 is 21.4 Å². The van der Waals surface area contributed by atoms with Crippen LogP contribution in [0.3, 0.4) is 0 Å².